The van der Waals surface area contributed by atoms with Crippen LogP contribution < -0.4 is 9.80 Å². The number of carbonyl (C=O) groups is 3. The molecule has 0 N–H and O–H groups in total. The van der Waals surface area contributed by atoms with Crippen molar-refractivity contribution in [2.75, 3.05) is 9.80 Å². The van der Waals surface area contributed by atoms with Crippen molar-refractivity contribution in [3.8, 4) is 0 Å². The van der Waals surface area contributed by atoms with Crippen molar-refractivity contribution in [3.63, 3.8) is 0 Å². The van der Waals surface area contributed by atoms with E-state index in [4.69, 9.17) is 4.42 Å². The Balaban J connectivity index is 1.56. The number of nitrogens with zero attached hydrogens (tertiary/aromatic N) is 3. The molecule has 1 aliphatic rings. The van der Waals surface area contributed by atoms with Crippen molar-refractivity contribution in [2.24, 2.45) is 0 Å². The molecule has 0 spiro atoms. The number of furan rings is 1. The summed E-state index contributed by atoms with van der Waals surface area (Å²) in [7, 11) is 0. The van der Waals surface area contributed by atoms with Gasteiger partial charge in [-0.2, -0.15) is 0 Å². The minimum Gasteiger partial charge on any atom is -0.467 e. The van der Waals surface area contributed by atoms with Crippen LogP contribution in [0.3, 0.4) is 0 Å². The highest BCUT2D eigenvalue weighted by molar-refractivity contribution is 7.22. The average Bonchev–Trinajstić information content (AvgIpc) is 3.52. The molecule has 0 aliphatic carbocycles. The number of hydrogen-bond acceptors (Lipinski definition) is 6. The van der Waals surface area contributed by atoms with Crippen LogP contribution in [-0.4, -0.2) is 22.7 Å². The third-order valence-electron chi connectivity index (χ3n) is 5.17. The van der Waals surface area contributed by atoms with Crippen LogP contribution >= 0.6 is 11.3 Å². The number of rotatable bonds is 5. The van der Waals surface area contributed by atoms with Gasteiger partial charge in [0.2, 0.25) is 11.8 Å². The molecule has 0 bridgehead atoms. The molecule has 0 unspecified atom stereocenters. The fourth-order valence-corrected chi connectivity index (χ4v) is 4.65. The molecule has 1 saturated heterocycles. The number of carbonyl (C=O) groups excluding carboxylic acids is 3. The Bertz CT molecular complexity index is 1380. The van der Waals surface area contributed by atoms with Crippen molar-refractivity contribution < 1.29 is 27.6 Å². The Morgan fingerprint density at radius 3 is 2.61 bits per heavy atom. The minimum atomic E-state index is -0.828. The van der Waals surface area contributed by atoms with Gasteiger partial charge in [0.05, 0.1) is 23.2 Å². The maximum Gasteiger partial charge on any atom is 0.260 e. The molecular formula is C23H15F2N3O4S. The topological polar surface area (TPSA) is 83.7 Å². The molecule has 3 amide bonds. The Labute approximate surface area is 189 Å². The number of fused-ring (bicyclic) bond motifs is 1. The van der Waals surface area contributed by atoms with Gasteiger partial charge in [-0.3, -0.25) is 24.2 Å². The van der Waals surface area contributed by atoms with Gasteiger partial charge in [-0.15, -0.1) is 0 Å². The predicted octanol–water partition coefficient (Wildman–Crippen LogP) is 4.67. The van der Waals surface area contributed by atoms with Gasteiger partial charge in [0, 0.05) is 24.5 Å². The van der Waals surface area contributed by atoms with Crippen LogP contribution in [0.25, 0.3) is 10.2 Å². The summed E-state index contributed by atoms with van der Waals surface area (Å²) in [5.74, 6) is -2.29. The van der Waals surface area contributed by atoms with E-state index in [1.165, 1.54) is 17.2 Å². The average molecular weight is 467 g/mol. The number of imide groups is 1. The van der Waals surface area contributed by atoms with Gasteiger partial charge >= 0.3 is 0 Å². The standard InChI is InChI=1S/C23H15F2N3O4S/c24-14-10-17(25)21-18(11-14)33-23(26-21)27(12-16-5-2-8-32-16)22(31)13-3-1-4-15(9-13)28-19(29)6-7-20(28)30/h1-5,8-11H,6-7,12H2. The lowest BCUT2D eigenvalue weighted by Gasteiger charge is -2.20. The highest BCUT2D eigenvalue weighted by Crippen LogP contribution is 2.33. The van der Waals surface area contributed by atoms with E-state index in [0.717, 1.165) is 28.4 Å². The van der Waals surface area contributed by atoms with Gasteiger partial charge in [0.1, 0.15) is 17.1 Å². The number of thiazole rings is 1. The number of anilines is 2. The largest absolute Gasteiger partial charge is 0.467 e. The van der Waals surface area contributed by atoms with Gasteiger partial charge < -0.3 is 4.42 Å². The SMILES string of the molecule is O=C(c1cccc(N2C(=O)CCC2=O)c1)N(Cc1ccco1)c1nc2c(F)cc(F)cc2s1. The van der Waals surface area contributed by atoms with Crippen LogP contribution in [0.4, 0.5) is 19.6 Å². The molecule has 5 rings (SSSR count). The van der Waals surface area contributed by atoms with Crippen LogP contribution in [0.2, 0.25) is 0 Å². The number of benzene rings is 2. The number of amides is 3. The maximum absolute atomic E-state index is 14.2. The van der Waals surface area contributed by atoms with Crippen molar-refractivity contribution in [1.29, 1.82) is 0 Å². The summed E-state index contributed by atoms with van der Waals surface area (Å²) in [6.45, 7) is -0.0123. The molecule has 10 heteroatoms. The second-order valence-electron chi connectivity index (χ2n) is 7.37. The second kappa shape index (κ2) is 8.21. The molecule has 0 atom stereocenters. The summed E-state index contributed by atoms with van der Waals surface area (Å²) in [6, 6.07) is 11.4. The summed E-state index contributed by atoms with van der Waals surface area (Å²) in [6.07, 6.45) is 1.70. The van der Waals surface area contributed by atoms with E-state index >= 15 is 0 Å². The summed E-state index contributed by atoms with van der Waals surface area (Å²) in [5, 5.41) is 0.148. The van der Waals surface area contributed by atoms with Crippen molar-refractivity contribution in [3.05, 3.63) is 77.8 Å². The fourth-order valence-electron chi connectivity index (χ4n) is 3.64. The molecule has 33 heavy (non-hydrogen) atoms. The molecule has 4 aromatic rings. The van der Waals surface area contributed by atoms with Gasteiger partial charge in [0.15, 0.2) is 10.9 Å². The number of hydrogen-bond donors (Lipinski definition) is 0. The third-order valence-corrected chi connectivity index (χ3v) is 6.20. The Morgan fingerprint density at radius 1 is 1.09 bits per heavy atom. The molecule has 0 saturated carbocycles. The van der Waals surface area contributed by atoms with Gasteiger partial charge in [-0.05, 0) is 36.4 Å². The Hall–Kier alpha value is -3.92. The normalized spacial score (nSPS) is 13.8. The van der Waals surface area contributed by atoms with Crippen LogP contribution in [0.1, 0.15) is 29.0 Å². The molecular weight excluding hydrogens is 452 g/mol. The zero-order valence-electron chi connectivity index (χ0n) is 17.0. The van der Waals surface area contributed by atoms with Crippen molar-refractivity contribution >= 4 is 50.1 Å². The lowest BCUT2D eigenvalue weighted by molar-refractivity contribution is -0.121. The molecule has 1 aliphatic heterocycles. The molecule has 7 nitrogen and oxygen atoms in total. The molecule has 2 aromatic carbocycles. The van der Waals surface area contributed by atoms with Gasteiger partial charge in [-0.1, -0.05) is 17.4 Å². The first-order valence-corrected chi connectivity index (χ1v) is 10.8. The van der Waals surface area contributed by atoms with Crippen LogP contribution in [0.5, 0.6) is 0 Å². The smallest absolute Gasteiger partial charge is 0.260 e. The molecule has 166 valence electrons. The first-order valence-electron chi connectivity index (χ1n) is 9.96. The highest BCUT2D eigenvalue weighted by atomic mass is 32.1. The lowest BCUT2D eigenvalue weighted by atomic mass is 10.1. The highest BCUT2D eigenvalue weighted by Gasteiger charge is 2.31. The van der Waals surface area contributed by atoms with E-state index in [9.17, 15) is 23.2 Å². The first-order chi connectivity index (χ1) is 15.9. The zero-order valence-corrected chi connectivity index (χ0v) is 17.8. The Kier molecular flexibility index (Phi) is 5.21. The van der Waals surface area contributed by atoms with E-state index in [-0.39, 0.29) is 52.1 Å². The van der Waals surface area contributed by atoms with E-state index in [1.54, 1.807) is 30.3 Å². The second-order valence-corrected chi connectivity index (χ2v) is 8.38. The van der Waals surface area contributed by atoms with E-state index in [2.05, 4.69) is 4.98 Å². The van der Waals surface area contributed by atoms with Gasteiger partial charge in [-0.25, -0.2) is 13.8 Å². The first kappa shape index (κ1) is 21.0. The summed E-state index contributed by atoms with van der Waals surface area (Å²) in [4.78, 5) is 44.3. The minimum absolute atomic E-state index is 0.0123. The monoisotopic (exact) mass is 467 g/mol. The molecule has 2 aromatic heterocycles. The Morgan fingerprint density at radius 2 is 1.88 bits per heavy atom. The summed E-state index contributed by atoms with van der Waals surface area (Å²) >= 11 is 0.963. The van der Waals surface area contributed by atoms with Crippen LogP contribution in [0, 0.1) is 11.6 Å². The number of aromatic nitrogens is 1. The fraction of sp³-hybridized carbons (Fsp3) is 0.130. The van der Waals surface area contributed by atoms with Gasteiger partial charge in [0.25, 0.3) is 5.91 Å². The maximum atomic E-state index is 14.2. The lowest BCUT2D eigenvalue weighted by Crippen LogP contribution is -2.31. The predicted molar refractivity (Wildman–Crippen MR) is 117 cm³/mol. The van der Waals surface area contributed by atoms with Crippen LogP contribution in [-0.2, 0) is 16.1 Å². The number of halogens is 2. The van der Waals surface area contributed by atoms with E-state index < -0.39 is 17.5 Å². The van der Waals surface area contributed by atoms with Crippen molar-refractivity contribution in [2.45, 2.75) is 19.4 Å². The molecule has 1 fully saturated rings. The van der Waals surface area contributed by atoms with Crippen LogP contribution in [0.15, 0.2) is 59.2 Å². The molecule has 0 radical (unpaired) electrons. The summed E-state index contributed by atoms with van der Waals surface area (Å²) < 4.78 is 33.5. The third kappa shape index (κ3) is 3.89. The van der Waals surface area contributed by atoms with E-state index in [0.29, 0.717) is 11.4 Å². The molecule has 3 heterocycles. The quantitative estimate of drug-likeness (QED) is 0.399. The summed E-state index contributed by atoms with van der Waals surface area (Å²) in [5.41, 5.74) is 0.442. The van der Waals surface area contributed by atoms with Crippen molar-refractivity contribution in [1.82, 2.24) is 4.98 Å². The van der Waals surface area contributed by atoms with E-state index in [1.807, 2.05) is 0 Å². The zero-order chi connectivity index (χ0) is 23.1.